The zero-order chi connectivity index (χ0) is 14.1. The van der Waals surface area contributed by atoms with Crippen LogP contribution in [0.4, 0.5) is 0 Å². The van der Waals surface area contributed by atoms with Crippen LogP contribution in [0.1, 0.15) is 29.8 Å². The highest BCUT2D eigenvalue weighted by Crippen LogP contribution is 2.21. The number of benzene rings is 1. The normalized spacial score (nSPS) is 19.4. The van der Waals surface area contributed by atoms with Gasteiger partial charge in [-0.25, -0.2) is 4.98 Å². The molecule has 20 heavy (non-hydrogen) atoms. The minimum Gasteiger partial charge on any atom is -0.337 e. The molecule has 4 nitrogen and oxygen atoms in total. The molecule has 0 spiro atoms. The van der Waals surface area contributed by atoms with E-state index < -0.39 is 0 Å². The van der Waals surface area contributed by atoms with Crippen LogP contribution in [0.15, 0.2) is 18.2 Å². The smallest absolute Gasteiger partial charge is 0.148 e. The molecule has 0 aliphatic carbocycles. The highest BCUT2D eigenvalue weighted by Gasteiger charge is 2.15. The Morgan fingerprint density at radius 2 is 2.20 bits per heavy atom. The molecule has 3 rings (SSSR count). The number of allylic oxidation sites excluding steroid dienone is 1. The van der Waals surface area contributed by atoms with Crippen molar-refractivity contribution in [3.05, 3.63) is 35.2 Å². The zero-order valence-corrected chi connectivity index (χ0v) is 11.8. The quantitative estimate of drug-likeness (QED) is 0.821. The highest BCUT2D eigenvalue weighted by atomic mass is 14.9. The molecule has 2 heterocycles. The summed E-state index contributed by atoms with van der Waals surface area (Å²) in [6.07, 6.45) is 4.24. The van der Waals surface area contributed by atoms with Crippen molar-refractivity contribution in [2.45, 2.75) is 32.7 Å². The molecule has 0 radical (unpaired) electrons. The predicted octanol–water partition coefficient (Wildman–Crippen LogP) is 2.84. The van der Waals surface area contributed by atoms with Crippen LogP contribution >= 0.6 is 0 Å². The minimum atomic E-state index is 0.293. The maximum Gasteiger partial charge on any atom is 0.148 e. The van der Waals surface area contributed by atoms with Gasteiger partial charge in [0.1, 0.15) is 11.9 Å². The van der Waals surface area contributed by atoms with Gasteiger partial charge < -0.3 is 10.3 Å². The van der Waals surface area contributed by atoms with Crippen molar-refractivity contribution in [1.29, 1.82) is 5.26 Å². The van der Waals surface area contributed by atoms with Gasteiger partial charge in [0.05, 0.1) is 16.6 Å². The number of aryl methyl sites for hydroxylation is 2. The van der Waals surface area contributed by atoms with E-state index in [2.05, 4.69) is 47.3 Å². The molecule has 0 saturated carbocycles. The molecule has 2 aromatic rings. The molecule has 1 aliphatic rings. The van der Waals surface area contributed by atoms with Gasteiger partial charge in [0, 0.05) is 6.04 Å². The van der Waals surface area contributed by atoms with Crippen LogP contribution < -0.4 is 5.32 Å². The second kappa shape index (κ2) is 5.10. The second-order valence-corrected chi connectivity index (χ2v) is 5.43. The number of nitriles is 1. The van der Waals surface area contributed by atoms with Gasteiger partial charge in [0.25, 0.3) is 0 Å². The number of hydrogen-bond acceptors (Lipinski definition) is 3. The highest BCUT2D eigenvalue weighted by molar-refractivity contribution is 5.83. The standard InChI is InChI=1S/C16H18N4/c1-10-6-14-15(7-11(10)2)20-16(19-14)12(9-17)8-13-4-3-5-18-13/h6-8,13,18H,3-5H2,1-2H3,(H,19,20)/b12-8+. The summed E-state index contributed by atoms with van der Waals surface area (Å²) in [6.45, 7) is 5.18. The Morgan fingerprint density at radius 3 is 2.90 bits per heavy atom. The average molecular weight is 266 g/mol. The van der Waals surface area contributed by atoms with Crippen LogP contribution in [0.2, 0.25) is 0 Å². The molecular formula is C16H18N4. The third kappa shape index (κ3) is 2.33. The topological polar surface area (TPSA) is 64.5 Å². The molecule has 1 saturated heterocycles. The molecule has 1 fully saturated rings. The minimum absolute atomic E-state index is 0.293. The van der Waals surface area contributed by atoms with Crippen LogP contribution in [0.3, 0.4) is 0 Å². The lowest BCUT2D eigenvalue weighted by Gasteiger charge is -2.03. The molecular weight excluding hydrogens is 248 g/mol. The Kier molecular flexibility index (Phi) is 3.29. The summed E-state index contributed by atoms with van der Waals surface area (Å²) in [5.41, 5.74) is 4.98. The first-order valence-electron chi connectivity index (χ1n) is 7.00. The number of fused-ring (bicyclic) bond motifs is 1. The lowest BCUT2D eigenvalue weighted by Crippen LogP contribution is -2.18. The molecule has 4 heteroatoms. The van der Waals surface area contributed by atoms with E-state index in [4.69, 9.17) is 0 Å². The van der Waals surface area contributed by atoms with Crippen molar-refractivity contribution in [2.75, 3.05) is 6.54 Å². The number of hydrogen-bond donors (Lipinski definition) is 2. The van der Waals surface area contributed by atoms with E-state index >= 15 is 0 Å². The summed E-state index contributed by atoms with van der Waals surface area (Å²) >= 11 is 0. The molecule has 1 unspecified atom stereocenters. The summed E-state index contributed by atoms with van der Waals surface area (Å²) in [7, 11) is 0. The number of nitrogens with one attached hydrogen (secondary N) is 2. The molecule has 0 amide bonds. The lowest BCUT2D eigenvalue weighted by molar-refractivity contribution is 0.729. The summed E-state index contributed by atoms with van der Waals surface area (Å²) in [5.74, 6) is 0.668. The van der Waals surface area contributed by atoms with E-state index in [1.54, 1.807) is 0 Å². The Bertz CT molecular complexity index is 673. The van der Waals surface area contributed by atoms with Crippen molar-refractivity contribution in [1.82, 2.24) is 15.3 Å². The summed E-state index contributed by atoms with van der Waals surface area (Å²) in [5, 5.41) is 12.7. The van der Waals surface area contributed by atoms with Crippen LogP contribution in [0.5, 0.6) is 0 Å². The molecule has 1 aromatic heterocycles. The van der Waals surface area contributed by atoms with Crippen molar-refractivity contribution >= 4 is 16.6 Å². The van der Waals surface area contributed by atoms with E-state index in [1.165, 1.54) is 17.5 Å². The van der Waals surface area contributed by atoms with Crippen LogP contribution in [-0.4, -0.2) is 22.6 Å². The Labute approximate surface area is 118 Å². The van der Waals surface area contributed by atoms with Gasteiger partial charge in [-0.2, -0.15) is 5.26 Å². The Hall–Kier alpha value is -2.12. The predicted molar refractivity (Wildman–Crippen MR) is 80.2 cm³/mol. The summed E-state index contributed by atoms with van der Waals surface area (Å²) in [6, 6.07) is 6.71. The number of H-pyrrole nitrogens is 1. The van der Waals surface area contributed by atoms with Gasteiger partial charge >= 0.3 is 0 Å². The van der Waals surface area contributed by atoms with E-state index in [1.807, 2.05) is 6.08 Å². The van der Waals surface area contributed by atoms with Crippen molar-refractivity contribution in [2.24, 2.45) is 0 Å². The first kappa shape index (κ1) is 12.9. The van der Waals surface area contributed by atoms with Gasteiger partial charge in [-0.15, -0.1) is 0 Å². The van der Waals surface area contributed by atoms with Gasteiger partial charge in [0.2, 0.25) is 0 Å². The molecule has 102 valence electrons. The first-order chi connectivity index (χ1) is 9.67. The van der Waals surface area contributed by atoms with E-state index in [9.17, 15) is 5.26 Å². The van der Waals surface area contributed by atoms with E-state index in [0.29, 0.717) is 17.4 Å². The SMILES string of the molecule is Cc1cc2nc(/C(C#N)=C/C3CCCN3)[nH]c2cc1C. The van der Waals surface area contributed by atoms with Gasteiger partial charge in [-0.3, -0.25) is 0 Å². The monoisotopic (exact) mass is 266 g/mol. The van der Waals surface area contributed by atoms with Gasteiger partial charge in [-0.1, -0.05) is 0 Å². The number of nitrogens with zero attached hydrogens (tertiary/aromatic N) is 2. The van der Waals surface area contributed by atoms with Gasteiger partial charge in [-0.05, 0) is 62.6 Å². The maximum absolute atomic E-state index is 9.37. The molecule has 1 aliphatic heterocycles. The Balaban J connectivity index is 2.02. The zero-order valence-electron chi connectivity index (χ0n) is 11.8. The fourth-order valence-electron chi connectivity index (χ4n) is 2.62. The number of rotatable bonds is 2. The lowest BCUT2D eigenvalue weighted by atomic mass is 10.1. The molecule has 2 N–H and O–H groups in total. The molecule has 0 bridgehead atoms. The fourth-order valence-corrected chi connectivity index (χ4v) is 2.62. The third-order valence-corrected chi connectivity index (χ3v) is 3.94. The van der Waals surface area contributed by atoms with Crippen molar-refractivity contribution < 1.29 is 0 Å². The number of aromatic amines is 1. The van der Waals surface area contributed by atoms with E-state index in [-0.39, 0.29) is 0 Å². The Morgan fingerprint density at radius 1 is 1.40 bits per heavy atom. The number of aromatic nitrogens is 2. The fraction of sp³-hybridized carbons (Fsp3) is 0.375. The molecule has 1 atom stereocenters. The molecule has 1 aromatic carbocycles. The van der Waals surface area contributed by atoms with Gasteiger partial charge in [0.15, 0.2) is 0 Å². The maximum atomic E-state index is 9.37. The second-order valence-electron chi connectivity index (χ2n) is 5.43. The van der Waals surface area contributed by atoms with Crippen LogP contribution in [0, 0.1) is 25.2 Å². The van der Waals surface area contributed by atoms with Crippen LogP contribution in [-0.2, 0) is 0 Å². The average Bonchev–Trinajstić information content (AvgIpc) is 3.05. The van der Waals surface area contributed by atoms with Crippen molar-refractivity contribution in [3.63, 3.8) is 0 Å². The van der Waals surface area contributed by atoms with Crippen LogP contribution in [0.25, 0.3) is 16.6 Å². The van der Waals surface area contributed by atoms with Crippen molar-refractivity contribution in [3.8, 4) is 6.07 Å². The number of imidazole rings is 1. The summed E-state index contributed by atoms with van der Waals surface area (Å²) in [4.78, 5) is 7.81. The summed E-state index contributed by atoms with van der Waals surface area (Å²) < 4.78 is 0. The first-order valence-corrected chi connectivity index (χ1v) is 7.00. The third-order valence-electron chi connectivity index (χ3n) is 3.94. The van der Waals surface area contributed by atoms with E-state index in [0.717, 1.165) is 24.0 Å². The largest absolute Gasteiger partial charge is 0.337 e.